The fourth-order valence-electron chi connectivity index (χ4n) is 4.40. The number of hydrogen-bond donors (Lipinski definition) is 1. The predicted octanol–water partition coefficient (Wildman–Crippen LogP) is 1.10. The van der Waals surface area contributed by atoms with Gasteiger partial charge in [-0.3, -0.25) is 9.69 Å². The Kier molecular flexibility index (Phi) is 4.52. The van der Waals surface area contributed by atoms with E-state index < -0.39 is 9.84 Å². The van der Waals surface area contributed by atoms with Crippen LogP contribution in [0.2, 0.25) is 0 Å². The van der Waals surface area contributed by atoms with Gasteiger partial charge in [0.1, 0.15) is 0 Å². The largest absolute Gasteiger partial charge is 0.350 e. The zero-order valence-corrected chi connectivity index (χ0v) is 15.8. The van der Waals surface area contributed by atoms with Crippen LogP contribution in [0.15, 0.2) is 30.5 Å². The van der Waals surface area contributed by atoms with Gasteiger partial charge in [-0.05, 0) is 37.6 Å². The summed E-state index contributed by atoms with van der Waals surface area (Å²) in [5.74, 6) is 0.106. The monoisotopic (exact) mass is 375 g/mol. The van der Waals surface area contributed by atoms with E-state index in [-0.39, 0.29) is 35.9 Å². The van der Waals surface area contributed by atoms with Crippen molar-refractivity contribution in [2.75, 3.05) is 24.6 Å². The average molecular weight is 375 g/mol. The van der Waals surface area contributed by atoms with Gasteiger partial charge in [-0.15, -0.1) is 0 Å². The van der Waals surface area contributed by atoms with E-state index in [1.807, 2.05) is 42.1 Å². The molecular formula is C19H25N3O3S. The lowest BCUT2D eigenvalue weighted by molar-refractivity contribution is -0.121. The Labute approximate surface area is 154 Å². The molecule has 1 aromatic carbocycles. The van der Waals surface area contributed by atoms with Gasteiger partial charge in [-0.1, -0.05) is 18.2 Å². The quantitative estimate of drug-likeness (QED) is 0.869. The standard InChI is InChI=1S/C19H25N3O3S/c1-21-11-14(15-6-2-3-7-17(15)21)10-19(23)20-16-12-26(24,25)13-18(16)22-8-4-5-9-22/h2-3,6-7,11,16,18H,4-5,8-10,12-13H2,1H3,(H,20,23). The Morgan fingerprint density at radius 3 is 2.69 bits per heavy atom. The Morgan fingerprint density at radius 2 is 1.92 bits per heavy atom. The van der Waals surface area contributed by atoms with Crippen molar-refractivity contribution in [3.8, 4) is 0 Å². The average Bonchev–Trinajstić information content (AvgIpc) is 3.28. The summed E-state index contributed by atoms with van der Waals surface area (Å²) in [7, 11) is -1.12. The molecule has 1 N–H and O–H groups in total. The molecule has 0 bridgehead atoms. The molecule has 3 heterocycles. The molecule has 2 aromatic rings. The molecule has 7 heteroatoms. The molecule has 0 spiro atoms. The van der Waals surface area contributed by atoms with Crippen molar-refractivity contribution in [1.82, 2.24) is 14.8 Å². The lowest BCUT2D eigenvalue weighted by atomic mass is 10.1. The maximum Gasteiger partial charge on any atom is 0.224 e. The number of aromatic nitrogens is 1. The summed E-state index contributed by atoms with van der Waals surface area (Å²) in [5, 5.41) is 4.08. The first kappa shape index (κ1) is 17.5. The van der Waals surface area contributed by atoms with Crippen molar-refractivity contribution in [1.29, 1.82) is 0 Å². The molecule has 2 aliphatic rings. The van der Waals surface area contributed by atoms with Crippen molar-refractivity contribution in [3.05, 3.63) is 36.0 Å². The summed E-state index contributed by atoms with van der Waals surface area (Å²) in [5.41, 5.74) is 2.06. The number of nitrogens with zero attached hydrogens (tertiary/aromatic N) is 2. The minimum absolute atomic E-state index is 0.0510. The molecule has 140 valence electrons. The maximum atomic E-state index is 12.7. The van der Waals surface area contributed by atoms with Crippen LogP contribution in [0.5, 0.6) is 0 Å². The lowest BCUT2D eigenvalue weighted by Gasteiger charge is -2.28. The zero-order chi connectivity index (χ0) is 18.3. The second-order valence-electron chi connectivity index (χ2n) is 7.52. The lowest BCUT2D eigenvalue weighted by Crippen LogP contribution is -2.50. The van der Waals surface area contributed by atoms with E-state index in [2.05, 4.69) is 10.2 Å². The van der Waals surface area contributed by atoms with Crippen LogP contribution in [0, 0.1) is 0 Å². The van der Waals surface area contributed by atoms with Gasteiger partial charge in [0.25, 0.3) is 0 Å². The van der Waals surface area contributed by atoms with Crippen LogP contribution in [-0.4, -0.2) is 60.5 Å². The fraction of sp³-hybridized carbons (Fsp3) is 0.526. The summed E-state index contributed by atoms with van der Waals surface area (Å²) in [4.78, 5) is 14.9. The molecule has 2 atom stereocenters. The number of rotatable bonds is 4. The van der Waals surface area contributed by atoms with Crippen LogP contribution in [0.3, 0.4) is 0 Å². The number of hydrogen-bond acceptors (Lipinski definition) is 4. The summed E-state index contributed by atoms with van der Waals surface area (Å²) < 4.78 is 26.3. The van der Waals surface area contributed by atoms with E-state index in [1.165, 1.54) is 0 Å². The number of carbonyl (C=O) groups is 1. The van der Waals surface area contributed by atoms with Crippen molar-refractivity contribution in [3.63, 3.8) is 0 Å². The number of para-hydroxylation sites is 1. The summed E-state index contributed by atoms with van der Waals surface area (Å²) in [6.07, 6.45) is 4.46. The summed E-state index contributed by atoms with van der Waals surface area (Å²) in [6, 6.07) is 7.61. The summed E-state index contributed by atoms with van der Waals surface area (Å²) in [6.45, 7) is 1.85. The minimum Gasteiger partial charge on any atom is -0.350 e. The van der Waals surface area contributed by atoms with Gasteiger partial charge >= 0.3 is 0 Å². The number of sulfone groups is 1. The molecule has 1 amide bonds. The van der Waals surface area contributed by atoms with Crippen molar-refractivity contribution >= 4 is 26.6 Å². The van der Waals surface area contributed by atoms with E-state index in [1.54, 1.807) is 0 Å². The topological polar surface area (TPSA) is 71.4 Å². The maximum absolute atomic E-state index is 12.7. The molecule has 4 rings (SSSR count). The third-order valence-electron chi connectivity index (χ3n) is 5.61. The van der Waals surface area contributed by atoms with Gasteiger partial charge in [-0.25, -0.2) is 8.42 Å². The third-order valence-corrected chi connectivity index (χ3v) is 7.33. The highest BCUT2D eigenvalue weighted by molar-refractivity contribution is 7.91. The second-order valence-corrected chi connectivity index (χ2v) is 9.67. The van der Waals surface area contributed by atoms with Gasteiger partial charge in [0, 0.05) is 30.2 Å². The van der Waals surface area contributed by atoms with Gasteiger partial charge < -0.3 is 9.88 Å². The Hall–Kier alpha value is -1.86. The SMILES string of the molecule is Cn1cc(CC(=O)NC2CS(=O)(=O)CC2N2CCCC2)c2ccccc21. The van der Waals surface area contributed by atoms with Crippen molar-refractivity contribution in [2.24, 2.45) is 7.05 Å². The highest BCUT2D eigenvalue weighted by Gasteiger charge is 2.42. The van der Waals surface area contributed by atoms with Gasteiger partial charge in [0.2, 0.25) is 5.91 Å². The van der Waals surface area contributed by atoms with Crippen molar-refractivity contribution in [2.45, 2.75) is 31.3 Å². The van der Waals surface area contributed by atoms with E-state index in [0.29, 0.717) is 0 Å². The van der Waals surface area contributed by atoms with Gasteiger partial charge in [0.05, 0.1) is 24.0 Å². The molecule has 0 aliphatic carbocycles. The minimum atomic E-state index is -3.09. The molecular weight excluding hydrogens is 350 g/mol. The van der Waals surface area contributed by atoms with Crippen LogP contribution in [0.1, 0.15) is 18.4 Å². The van der Waals surface area contributed by atoms with Crippen LogP contribution < -0.4 is 5.32 Å². The normalized spacial score (nSPS) is 25.7. The van der Waals surface area contributed by atoms with E-state index in [0.717, 1.165) is 42.4 Å². The first-order valence-electron chi connectivity index (χ1n) is 9.20. The molecule has 2 aliphatic heterocycles. The number of fused-ring (bicyclic) bond motifs is 1. The predicted molar refractivity (Wildman–Crippen MR) is 102 cm³/mol. The van der Waals surface area contributed by atoms with E-state index >= 15 is 0 Å². The number of aryl methyl sites for hydroxylation is 1. The Balaban J connectivity index is 1.49. The van der Waals surface area contributed by atoms with Crippen LogP contribution in [0.4, 0.5) is 0 Å². The molecule has 26 heavy (non-hydrogen) atoms. The molecule has 2 saturated heterocycles. The highest BCUT2D eigenvalue weighted by Crippen LogP contribution is 2.24. The summed E-state index contributed by atoms with van der Waals surface area (Å²) >= 11 is 0. The number of likely N-dealkylation sites (tertiary alicyclic amines) is 1. The van der Waals surface area contributed by atoms with Crippen LogP contribution in [0.25, 0.3) is 10.9 Å². The second kappa shape index (κ2) is 6.70. The first-order chi connectivity index (χ1) is 12.4. The van der Waals surface area contributed by atoms with E-state index in [4.69, 9.17) is 0 Å². The fourth-order valence-corrected chi connectivity index (χ4v) is 6.35. The molecule has 2 fully saturated rings. The highest BCUT2D eigenvalue weighted by atomic mass is 32.2. The molecule has 1 aromatic heterocycles. The molecule has 6 nitrogen and oxygen atoms in total. The van der Waals surface area contributed by atoms with Gasteiger partial charge in [0.15, 0.2) is 9.84 Å². The van der Waals surface area contributed by atoms with Crippen LogP contribution >= 0.6 is 0 Å². The number of carbonyl (C=O) groups excluding carboxylic acids is 1. The Bertz CT molecular complexity index is 929. The van der Waals surface area contributed by atoms with Gasteiger partial charge in [-0.2, -0.15) is 0 Å². The van der Waals surface area contributed by atoms with E-state index in [9.17, 15) is 13.2 Å². The molecule has 0 saturated carbocycles. The first-order valence-corrected chi connectivity index (χ1v) is 11.0. The smallest absolute Gasteiger partial charge is 0.224 e. The molecule has 0 radical (unpaired) electrons. The zero-order valence-electron chi connectivity index (χ0n) is 15.0. The number of nitrogens with one attached hydrogen (secondary N) is 1. The third kappa shape index (κ3) is 3.38. The van der Waals surface area contributed by atoms with Crippen LogP contribution in [-0.2, 0) is 28.1 Å². The van der Waals surface area contributed by atoms with Crippen molar-refractivity contribution < 1.29 is 13.2 Å². The number of benzene rings is 1. The number of amides is 1. The Morgan fingerprint density at radius 1 is 1.19 bits per heavy atom. The molecule has 2 unspecified atom stereocenters.